The van der Waals surface area contributed by atoms with Crippen molar-refractivity contribution in [2.75, 3.05) is 0 Å². The molecule has 0 saturated heterocycles. The normalized spacial score (nSPS) is 15.7. The summed E-state index contributed by atoms with van der Waals surface area (Å²) < 4.78 is 2.11. The Bertz CT molecular complexity index is 240. The van der Waals surface area contributed by atoms with Crippen LogP contribution in [0, 0.1) is 6.92 Å². The zero-order chi connectivity index (χ0) is 7.14. The minimum Gasteiger partial charge on any atom is -0.341 e. The number of rotatable bonds is 0. The molecule has 2 rings (SSSR count). The SMILES string of the molecule is [B]c1nc(C)c2n1CCC2. The maximum absolute atomic E-state index is 5.64. The first kappa shape index (κ1) is 6.02. The molecule has 1 aromatic rings. The summed E-state index contributed by atoms with van der Waals surface area (Å²) in [5, 5.41) is 0. The van der Waals surface area contributed by atoms with Crippen LogP contribution in [-0.2, 0) is 13.0 Å². The van der Waals surface area contributed by atoms with Crippen molar-refractivity contribution < 1.29 is 0 Å². The van der Waals surface area contributed by atoms with Crippen LogP contribution in [0.4, 0.5) is 0 Å². The van der Waals surface area contributed by atoms with E-state index >= 15 is 0 Å². The fraction of sp³-hybridized carbons (Fsp3) is 0.571. The summed E-state index contributed by atoms with van der Waals surface area (Å²) in [6.07, 6.45) is 2.37. The molecule has 0 saturated carbocycles. The third kappa shape index (κ3) is 0.633. The average Bonchev–Trinajstić information content (AvgIpc) is 2.39. The second-order valence-electron chi connectivity index (χ2n) is 2.76. The fourth-order valence-corrected chi connectivity index (χ4v) is 1.60. The Balaban J connectivity index is 2.61. The van der Waals surface area contributed by atoms with Gasteiger partial charge in [0.05, 0.1) is 11.4 Å². The van der Waals surface area contributed by atoms with Gasteiger partial charge in [-0.15, -0.1) is 0 Å². The molecule has 0 atom stereocenters. The van der Waals surface area contributed by atoms with Crippen LogP contribution < -0.4 is 5.72 Å². The zero-order valence-electron chi connectivity index (χ0n) is 6.09. The zero-order valence-corrected chi connectivity index (χ0v) is 6.09. The number of aromatic nitrogens is 2. The molecule has 0 unspecified atom stereocenters. The topological polar surface area (TPSA) is 17.8 Å². The molecule has 10 heavy (non-hydrogen) atoms. The second-order valence-corrected chi connectivity index (χ2v) is 2.76. The highest BCUT2D eigenvalue weighted by atomic mass is 15.1. The first-order chi connectivity index (χ1) is 4.79. The van der Waals surface area contributed by atoms with Crippen LogP contribution in [-0.4, -0.2) is 17.4 Å². The maximum Gasteiger partial charge on any atom is 0.167 e. The molecule has 2 heterocycles. The molecule has 2 radical (unpaired) electrons. The molecule has 50 valence electrons. The molecule has 0 aromatic carbocycles. The molecule has 0 spiro atoms. The van der Waals surface area contributed by atoms with E-state index in [4.69, 9.17) is 7.85 Å². The van der Waals surface area contributed by atoms with E-state index in [1.807, 2.05) is 6.92 Å². The number of aryl methyl sites for hydroxylation is 1. The van der Waals surface area contributed by atoms with Crippen LogP contribution in [0.2, 0.25) is 0 Å². The third-order valence-electron chi connectivity index (χ3n) is 2.10. The van der Waals surface area contributed by atoms with Gasteiger partial charge in [-0.25, -0.2) is 0 Å². The van der Waals surface area contributed by atoms with Crippen LogP contribution in [0.1, 0.15) is 17.8 Å². The summed E-state index contributed by atoms with van der Waals surface area (Å²) in [7, 11) is 5.64. The highest BCUT2D eigenvalue weighted by Gasteiger charge is 2.15. The van der Waals surface area contributed by atoms with Gasteiger partial charge in [-0.1, -0.05) is 0 Å². The van der Waals surface area contributed by atoms with Gasteiger partial charge in [0.1, 0.15) is 0 Å². The largest absolute Gasteiger partial charge is 0.341 e. The van der Waals surface area contributed by atoms with Crippen molar-refractivity contribution in [1.82, 2.24) is 9.55 Å². The molecule has 1 aromatic heterocycles. The molecular formula is C7H9BN2. The summed E-state index contributed by atoms with van der Waals surface area (Å²) in [5.41, 5.74) is 3.12. The van der Waals surface area contributed by atoms with Crippen LogP contribution in [0.25, 0.3) is 0 Å². The van der Waals surface area contributed by atoms with Crippen molar-refractivity contribution in [3.05, 3.63) is 11.4 Å². The Morgan fingerprint density at radius 2 is 2.40 bits per heavy atom. The van der Waals surface area contributed by atoms with Crippen molar-refractivity contribution in [3.63, 3.8) is 0 Å². The summed E-state index contributed by atoms with van der Waals surface area (Å²) >= 11 is 0. The summed E-state index contributed by atoms with van der Waals surface area (Å²) in [4.78, 5) is 4.17. The summed E-state index contributed by atoms with van der Waals surface area (Å²) in [5.74, 6) is 0. The molecule has 2 nitrogen and oxygen atoms in total. The molecule has 3 heteroatoms. The lowest BCUT2D eigenvalue weighted by Gasteiger charge is -1.96. The Kier molecular flexibility index (Phi) is 1.13. The first-order valence-electron chi connectivity index (χ1n) is 3.60. The minimum absolute atomic E-state index is 0.685. The fourth-order valence-electron chi connectivity index (χ4n) is 1.60. The van der Waals surface area contributed by atoms with E-state index in [1.165, 1.54) is 12.1 Å². The average molecular weight is 132 g/mol. The Hall–Kier alpha value is -0.725. The molecule has 0 amide bonds. The number of hydrogen-bond donors (Lipinski definition) is 0. The van der Waals surface area contributed by atoms with Gasteiger partial charge in [-0.05, 0) is 19.8 Å². The van der Waals surface area contributed by atoms with Gasteiger partial charge in [0.25, 0.3) is 0 Å². The van der Waals surface area contributed by atoms with E-state index in [0.29, 0.717) is 5.72 Å². The van der Waals surface area contributed by atoms with E-state index in [2.05, 4.69) is 9.55 Å². The molecule has 0 fully saturated rings. The van der Waals surface area contributed by atoms with Crippen molar-refractivity contribution in [2.45, 2.75) is 26.3 Å². The minimum atomic E-state index is 0.685. The Morgan fingerprint density at radius 1 is 1.60 bits per heavy atom. The molecule has 0 aliphatic carbocycles. The molecular weight excluding hydrogens is 123 g/mol. The van der Waals surface area contributed by atoms with Crippen molar-refractivity contribution in [3.8, 4) is 0 Å². The van der Waals surface area contributed by atoms with Gasteiger partial charge in [0, 0.05) is 12.2 Å². The number of hydrogen-bond acceptors (Lipinski definition) is 1. The van der Waals surface area contributed by atoms with E-state index in [9.17, 15) is 0 Å². The van der Waals surface area contributed by atoms with Crippen LogP contribution in [0.5, 0.6) is 0 Å². The number of nitrogens with zero attached hydrogens (tertiary/aromatic N) is 2. The molecule has 1 aliphatic heterocycles. The van der Waals surface area contributed by atoms with E-state index in [1.54, 1.807) is 0 Å². The van der Waals surface area contributed by atoms with Crippen molar-refractivity contribution in [1.29, 1.82) is 0 Å². The first-order valence-corrected chi connectivity index (χ1v) is 3.60. The lowest BCUT2D eigenvalue weighted by atomic mass is 10.1. The van der Waals surface area contributed by atoms with Crippen LogP contribution in [0.15, 0.2) is 0 Å². The van der Waals surface area contributed by atoms with Crippen molar-refractivity contribution in [2.24, 2.45) is 0 Å². The third-order valence-corrected chi connectivity index (χ3v) is 2.10. The lowest BCUT2D eigenvalue weighted by molar-refractivity contribution is 0.760. The molecule has 1 aliphatic rings. The highest BCUT2D eigenvalue weighted by molar-refractivity contribution is 6.29. The summed E-state index contributed by atoms with van der Waals surface area (Å²) in [6.45, 7) is 3.08. The van der Waals surface area contributed by atoms with Gasteiger partial charge in [0.15, 0.2) is 7.85 Å². The van der Waals surface area contributed by atoms with Gasteiger partial charge < -0.3 is 4.57 Å². The standard InChI is InChI=1S/C7H9BN2/c1-5-6-3-2-4-10(6)7(8)9-5/h2-4H2,1H3. The monoisotopic (exact) mass is 132 g/mol. The molecule has 0 N–H and O–H groups in total. The van der Waals surface area contributed by atoms with Gasteiger partial charge in [-0.2, -0.15) is 0 Å². The quantitative estimate of drug-likeness (QED) is 0.452. The lowest BCUT2D eigenvalue weighted by Crippen LogP contribution is -2.17. The van der Waals surface area contributed by atoms with E-state index in [-0.39, 0.29) is 0 Å². The van der Waals surface area contributed by atoms with E-state index < -0.39 is 0 Å². The van der Waals surface area contributed by atoms with Gasteiger partial charge in [0.2, 0.25) is 0 Å². The number of fused-ring (bicyclic) bond motifs is 1. The second kappa shape index (κ2) is 1.88. The Morgan fingerprint density at radius 3 is 3.10 bits per heavy atom. The van der Waals surface area contributed by atoms with E-state index in [0.717, 1.165) is 18.7 Å². The Labute approximate surface area is 61.7 Å². The van der Waals surface area contributed by atoms with Crippen LogP contribution in [0.3, 0.4) is 0 Å². The number of imidazole rings is 1. The maximum atomic E-state index is 5.64. The van der Waals surface area contributed by atoms with Gasteiger partial charge in [-0.3, -0.25) is 4.98 Å². The molecule has 0 bridgehead atoms. The highest BCUT2D eigenvalue weighted by Crippen LogP contribution is 2.14. The summed E-state index contributed by atoms with van der Waals surface area (Å²) in [6, 6.07) is 0. The predicted octanol–water partition coefficient (Wildman–Crippen LogP) is -0.0685. The van der Waals surface area contributed by atoms with Crippen LogP contribution >= 0.6 is 0 Å². The van der Waals surface area contributed by atoms with Gasteiger partial charge >= 0.3 is 0 Å². The predicted molar refractivity (Wildman–Crippen MR) is 40.7 cm³/mol. The smallest absolute Gasteiger partial charge is 0.167 e. The van der Waals surface area contributed by atoms with Crippen molar-refractivity contribution >= 4 is 13.6 Å².